The third-order valence-electron chi connectivity index (χ3n) is 6.71. The van der Waals surface area contributed by atoms with Gasteiger partial charge in [-0.25, -0.2) is 14.3 Å². The van der Waals surface area contributed by atoms with Gasteiger partial charge in [-0.2, -0.15) is 0 Å². The maximum absolute atomic E-state index is 6.44. The van der Waals surface area contributed by atoms with Gasteiger partial charge in [0.05, 0.1) is 11.4 Å². The third-order valence-corrected chi connectivity index (χ3v) is 10.8. The van der Waals surface area contributed by atoms with E-state index in [-0.39, 0.29) is 0 Å². The molecule has 3 aromatic rings. The highest BCUT2D eigenvalue weighted by Crippen LogP contribution is 2.28. The molecular weight excluding hydrogens is 569 g/mol. The standard InChI is InChI=1S/C31H50N4O3S2Si/c1-4-7-24-36-41(37-25-8-5-2,38-26-9-6-3)27-18-12-17-23-31-28-33(39)32-35(40-31)34(29-19-13-10-14-20-29)30-21-15-11-16-22-30/h10-11,13-16,19-22,28,32,39H,4-9,12,17-18,23-27H2,1-3H3. The number of H-pyrrole nitrogens is 1. The SMILES string of the molecule is CCCCO[Si](CCCCCc1cn(S)[nH]n(N(c2ccccc2)c2ccccc2)s1)(OCCCC)OCCCC. The van der Waals surface area contributed by atoms with Gasteiger partial charge in [0.2, 0.25) is 0 Å². The first-order valence-electron chi connectivity index (χ1n) is 15.4. The van der Waals surface area contributed by atoms with Gasteiger partial charge in [0.25, 0.3) is 0 Å². The van der Waals surface area contributed by atoms with Gasteiger partial charge in [0.15, 0.2) is 0 Å². The number of nitrogens with zero attached hydrogens (tertiary/aromatic N) is 3. The predicted molar refractivity (Wildman–Crippen MR) is 178 cm³/mol. The van der Waals surface area contributed by atoms with Crippen molar-refractivity contribution in [3.05, 3.63) is 71.7 Å². The molecule has 1 heterocycles. The summed E-state index contributed by atoms with van der Waals surface area (Å²) in [5.41, 5.74) is 2.13. The van der Waals surface area contributed by atoms with E-state index in [1.807, 2.05) is 16.3 Å². The number of rotatable bonds is 21. The predicted octanol–water partition coefficient (Wildman–Crippen LogP) is 9.20. The topological polar surface area (TPSA) is 56.6 Å². The number of para-hydroxylation sites is 2. The van der Waals surface area contributed by atoms with Crippen molar-refractivity contribution < 1.29 is 13.3 Å². The highest BCUT2D eigenvalue weighted by atomic mass is 32.1. The fraction of sp³-hybridized carbons (Fsp3) is 0.548. The third kappa shape index (κ3) is 11.7. The molecule has 10 heteroatoms. The Kier molecular flexibility index (Phi) is 15.8. The molecule has 228 valence electrons. The lowest BCUT2D eigenvalue weighted by Gasteiger charge is -2.30. The zero-order valence-corrected chi connectivity index (χ0v) is 27.9. The number of anilines is 2. The first-order valence-corrected chi connectivity index (χ1v) is 18.5. The van der Waals surface area contributed by atoms with Crippen LogP contribution in [0.5, 0.6) is 0 Å². The van der Waals surface area contributed by atoms with Crippen molar-refractivity contribution in [3.63, 3.8) is 0 Å². The highest BCUT2D eigenvalue weighted by molar-refractivity contribution is 7.78. The highest BCUT2D eigenvalue weighted by Gasteiger charge is 2.40. The van der Waals surface area contributed by atoms with Crippen molar-refractivity contribution in [2.45, 2.75) is 91.0 Å². The number of aromatic nitrogens is 3. The van der Waals surface area contributed by atoms with Gasteiger partial charge in [0.1, 0.15) is 0 Å². The van der Waals surface area contributed by atoms with Crippen LogP contribution in [0.2, 0.25) is 6.04 Å². The van der Waals surface area contributed by atoms with E-state index >= 15 is 0 Å². The summed E-state index contributed by atoms with van der Waals surface area (Å²) in [5, 5.41) is 5.50. The summed E-state index contributed by atoms with van der Waals surface area (Å²) in [4.78, 5) is 1.25. The Bertz CT molecular complexity index is 1050. The molecule has 0 aliphatic rings. The van der Waals surface area contributed by atoms with Gasteiger partial charge in [0, 0.05) is 36.9 Å². The molecule has 7 nitrogen and oxygen atoms in total. The lowest BCUT2D eigenvalue weighted by Crippen LogP contribution is -2.46. The van der Waals surface area contributed by atoms with E-state index in [2.05, 4.69) is 98.5 Å². The Morgan fingerprint density at radius 2 is 1.24 bits per heavy atom. The molecule has 2 aromatic carbocycles. The van der Waals surface area contributed by atoms with E-state index in [1.54, 1.807) is 15.6 Å². The fourth-order valence-electron chi connectivity index (χ4n) is 4.38. The Labute approximate surface area is 258 Å². The molecule has 3 rings (SSSR count). The van der Waals surface area contributed by atoms with Crippen molar-refractivity contribution in [2.24, 2.45) is 0 Å². The van der Waals surface area contributed by atoms with E-state index in [9.17, 15) is 0 Å². The quantitative estimate of drug-likeness (QED) is 0.0710. The second-order valence-corrected chi connectivity index (χ2v) is 14.5. The van der Waals surface area contributed by atoms with Crippen LogP contribution in [-0.4, -0.2) is 42.1 Å². The summed E-state index contributed by atoms with van der Waals surface area (Å²) in [6, 6.07) is 21.6. The van der Waals surface area contributed by atoms with E-state index in [0.29, 0.717) is 0 Å². The molecule has 1 aromatic heterocycles. The van der Waals surface area contributed by atoms with Crippen LogP contribution in [0.15, 0.2) is 66.9 Å². The summed E-state index contributed by atoms with van der Waals surface area (Å²) in [7, 11) is -2.67. The molecule has 0 aliphatic heterocycles. The van der Waals surface area contributed by atoms with Crippen LogP contribution in [0.1, 0.15) is 83.4 Å². The molecule has 0 spiro atoms. The average Bonchev–Trinajstić information content (AvgIpc) is 2.98. The molecule has 0 atom stereocenters. The Morgan fingerprint density at radius 1 is 0.732 bits per heavy atom. The lowest BCUT2D eigenvalue weighted by atomic mass is 10.2. The zero-order valence-electron chi connectivity index (χ0n) is 25.2. The number of nitrogens with one attached hydrogen (secondary N) is 1. The second kappa shape index (κ2) is 19.3. The Balaban J connectivity index is 1.66. The van der Waals surface area contributed by atoms with E-state index in [0.717, 1.165) is 101 Å². The molecule has 0 bridgehead atoms. The molecule has 0 amide bonds. The maximum atomic E-state index is 6.44. The summed E-state index contributed by atoms with van der Waals surface area (Å²) in [6.07, 6.45) is 12.7. The van der Waals surface area contributed by atoms with Crippen molar-refractivity contribution in [3.8, 4) is 0 Å². The second-order valence-electron chi connectivity index (χ2n) is 10.2. The molecule has 41 heavy (non-hydrogen) atoms. The number of aromatic amines is 1. The molecule has 1 N–H and O–H groups in total. The van der Waals surface area contributed by atoms with Crippen LogP contribution in [0.3, 0.4) is 0 Å². The van der Waals surface area contributed by atoms with Crippen LogP contribution in [0, 0.1) is 0 Å². The van der Waals surface area contributed by atoms with Gasteiger partial charge < -0.3 is 13.3 Å². The van der Waals surface area contributed by atoms with Crippen LogP contribution >= 0.6 is 24.3 Å². The van der Waals surface area contributed by atoms with Gasteiger partial charge in [-0.1, -0.05) is 82.9 Å². The number of thiol groups is 1. The smallest absolute Gasteiger partial charge is 0.373 e. The normalized spacial score (nSPS) is 11.6. The molecular formula is C31H50N4O3S2Si. The summed E-state index contributed by atoms with van der Waals surface area (Å²) >= 11 is 6.33. The number of hydrogen-bond donors (Lipinski definition) is 2. The van der Waals surface area contributed by atoms with Gasteiger partial charge in [-0.15, -0.1) is 4.18 Å². The monoisotopic (exact) mass is 618 g/mol. The largest absolute Gasteiger partial charge is 0.500 e. The first-order chi connectivity index (χ1) is 20.1. The van der Waals surface area contributed by atoms with Gasteiger partial charge >= 0.3 is 8.80 Å². The summed E-state index contributed by atoms with van der Waals surface area (Å²) in [6.45, 7) is 8.77. The number of benzene rings is 2. The van der Waals surface area contributed by atoms with Crippen LogP contribution in [0.25, 0.3) is 0 Å². The van der Waals surface area contributed by atoms with Crippen molar-refractivity contribution >= 4 is 44.5 Å². The van der Waals surface area contributed by atoms with Crippen molar-refractivity contribution in [2.75, 3.05) is 24.8 Å². The molecule has 0 saturated heterocycles. The Hall–Kier alpha value is -1.95. The number of unbranched alkanes of at least 4 members (excludes halogenated alkanes) is 5. The van der Waals surface area contributed by atoms with Crippen LogP contribution in [0.4, 0.5) is 11.4 Å². The van der Waals surface area contributed by atoms with E-state index in [1.165, 1.54) is 4.88 Å². The minimum absolute atomic E-state index is 0.727. The zero-order chi connectivity index (χ0) is 29.2. The fourth-order valence-corrected chi connectivity index (χ4v) is 8.48. The van der Waals surface area contributed by atoms with Gasteiger partial charge in [-0.05, 0) is 87.1 Å². The van der Waals surface area contributed by atoms with Crippen molar-refractivity contribution in [1.82, 2.24) is 13.5 Å². The Morgan fingerprint density at radius 3 is 1.73 bits per heavy atom. The van der Waals surface area contributed by atoms with E-state index < -0.39 is 8.80 Å². The number of hydrogen-bond acceptors (Lipinski definition) is 6. The van der Waals surface area contributed by atoms with Gasteiger partial charge in [-0.3, -0.25) is 0 Å². The van der Waals surface area contributed by atoms with Crippen LogP contribution < -0.4 is 5.01 Å². The summed E-state index contributed by atoms with van der Waals surface area (Å²) < 4.78 is 23.1. The molecule has 0 aliphatic carbocycles. The lowest BCUT2D eigenvalue weighted by molar-refractivity contribution is 0.0557. The maximum Gasteiger partial charge on any atom is 0.500 e. The molecule has 0 radical (unpaired) electrons. The minimum atomic E-state index is -2.67. The average molecular weight is 619 g/mol. The van der Waals surface area contributed by atoms with E-state index in [4.69, 9.17) is 13.3 Å². The number of aryl methyl sites for hydroxylation is 1. The molecule has 0 unspecified atom stereocenters. The summed E-state index contributed by atoms with van der Waals surface area (Å²) in [5.74, 6) is 0. The molecule has 0 fully saturated rings. The van der Waals surface area contributed by atoms with Crippen molar-refractivity contribution in [1.29, 1.82) is 0 Å². The van der Waals surface area contributed by atoms with Crippen LogP contribution in [-0.2, 0) is 19.7 Å². The first kappa shape index (κ1) is 33.5. The minimum Gasteiger partial charge on any atom is -0.373 e. The molecule has 0 saturated carbocycles.